The van der Waals surface area contributed by atoms with Crippen LogP contribution in [0.3, 0.4) is 0 Å². The molecule has 8 rings (SSSR count). The van der Waals surface area contributed by atoms with Gasteiger partial charge in [0.2, 0.25) is 0 Å². The predicted molar refractivity (Wildman–Crippen MR) is 200 cm³/mol. The van der Waals surface area contributed by atoms with Crippen molar-refractivity contribution in [1.82, 2.24) is 0 Å². The van der Waals surface area contributed by atoms with Crippen LogP contribution in [0, 0.1) is 0 Å². The fourth-order valence-corrected chi connectivity index (χ4v) is 8.48. The SMILES string of the molecule is CN1c2ccccc2Sc2cc(C=Cc3ccc(-c4ccc(C=Cc5ccc6c(c5)Sc5ccccc5N6C)cc4)cc3)ccc21. The summed E-state index contributed by atoms with van der Waals surface area (Å²) in [5.41, 5.74) is 12.3. The summed E-state index contributed by atoms with van der Waals surface area (Å²) in [6, 6.07) is 48.2. The van der Waals surface area contributed by atoms with Crippen LogP contribution in [0.15, 0.2) is 153 Å². The van der Waals surface area contributed by atoms with E-state index in [2.05, 4.69) is 182 Å². The molecule has 0 saturated heterocycles. The van der Waals surface area contributed by atoms with E-state index in [0.29, 0.717) is 0 Å². The lowest BCUT2D eigenvalue weighted by molar-refractivity contribution is 1.11. The highest BCUT2D eigenvalue weighted by atomic mass is 32.2. The van der Waals surface area contributed by atoms with Crippen LogP contribution < -0.4 is 9.80 Å². The Morgan fingerprint density at radius 3 is 1.15 bits per heavy atom. The van der Waals surface area contributed by atoms with E-state index in [1.165, 1.54) is 75.7 Å². The lowest BCUT2D eigenvalue weighted by Gasteiger charge is -2.29. The van der Waals surface area contributed by atoms with Crippen molar-refractivity contribution in [2.24, 2.45) is 0 Å². The minimum Gasteiger partial charge on any atom is -0.343 e. The molecule has 0 aromatic heterocycles. The third kappa shape index (κ3) is 5.55. The second-order valence-electron chi connectivity index (χ2n) is 11.6. The summed E-state index contributed by atoms with van der Waals surface area (Å²) in [5.74, 6) is 0. The third-order valence-electron chi connectivity index (χ3n) is 8.67. The predicted octanol–water partition coefficient (Wildman–Crippen LogP) is 12.2. The molecule has 0 aliphatic carbocycles. The largest absolute Gasteiger partial charge is 0.343 e. The summed E-state index contributed by atoms with van der Waals surface area (Å²) in [5, 5.41) is 0. The molecule has 4 heteroatoms. The highest BCUT2D eigenvalue weighted by molar-refractivity contribution is 8.00. The standard InChI is InChI=1S/C42H32N2S2/c1-43-35-7-3-5-9-39(35)45-41-27-31(19-25-37(41)43)13-11-29-15-21-33(22-16-29)34-23-17-30(18-24-34)12-14-32-20-26-38-42(28-32)46-40-10-6-4-8-36(40)44(38)2/h3-28H,1-2H3. The van der Waals surface area contributed by atoms with Crippen molar-refractivity contribution >= 4 is 70.6 Å². The summed E-state index contributed by atoms with van der Waals surface area (Å²) in [6.07, 6.45) is 8.80. The van der Waals surface area contributed by atoms with Crippen LogP contribution in [0.4, 0.5) is 22.7 Å². The Morgan fingerprint density at radius 2 is 0.717 bits per heavy atom. The minimum absolute atomic E-state index is 1.19. The van der Waals surface area contributed by atoms with Gasteiger partial charge in [0, 0.05) is 33.7 Å². The Bertz CT molecular complexity index is 1970. The molecule has 2 heterocycles. The quantitative estimate of drug-likeness (QED) is 0.175. The zero-order valence-electron chi connectivity index (χ0n) is 25.7. The smallest absolute Gasteiger partial charge is 0.0550 e. The van der Waals surface area contributed by atoms with Gasteiger partial charge in [-0.25, -0.2) is 0 Å². The summed E-state index contributed by atoms with van der Waals surface area (Å²) < 4.78 is 0. The molecule has 2 aliphatic heterocycles. The number of nitrogens with zero attached hydrogens (tertiary/aromatic N) is 2. The maximum atomic E-state index is 2.29. The lowest BCUT2D eigenvalue weighted by atomic mass is 10.0. The van der Waals surface area contributed by atoms with Crippen molar-refractivity contribution in [3.05, 3.63) is 156 Å². The Morgan fingerprint density at radius 1 is 0.370 bits per heavy atom. The highest BCUT2D eigenvalue weighted by Crippen LogP contribution is 2.48. The van der Waals surface area contributed by atoms with E-state index < -0.39 is 0 Å². The van der Waals surface area contributed by atoms with Gasteiger partial charge in [0.25, 0.3) is 0 Å². The van der Waals surface area contributed by atoms with Gasteiger partial charge in [-0.15, -0.1) is 0 Å². The fourth-order valence-electron chi connectivity index (χ4n) is 6.08. The molecule has 6 aromatic rings. The monoisotopic (exact) mass is 628 g/mol. The van der Waals surface area contributed by atoms with Gasteiger partial charge in [-0.05, 0) is 81.9 Å². The van der Waals surface area contributed by atoms with Crippen LogP contribution in [0.2, 0.25) is 0 Å². The van der Waals surface area contributed by atoms with Crippen LogP contribution in [0.1, 0.15) is 22.3 Å². The highest BCUT2D eigenvalue weighted by Gasteiger charge is 2.21. The molecule has 0 spiro atoms. The van der Waals surface area contributed by atoms with E-state index in [9.17, 15) is 0 Å². The third-order valence-corrected chi connectivity index (χ3v) is 10.9. The Hall–Kier alpha value is -4.90. The van der Waals surface area contributed by atoms with Crippen LogP contribution in [-0.2, 0) is 0 Å². The molecule has 46 heavy (non-hydrogen) atoms. The number of fused-ring (bicyclic) bond motifs is 4. The Kier molecular flexibility index (Phi) is 7.53. The average Bonchev–Trinajstić information content (AvgIpc) is 3.10. The van der Waals surface area contributed by atoms with Crippen molar-refractivity contribution in [3.8, 4) is 11.1 Å². The maximum absolute atomic E-state index is 2.29. The molecular weight excluding hydrogens is 597 g/mol. The van der Waals surface area contributed by atoms with Gasteiger partial charge in [-0.1, -0.05) is 133 Å². The van der Waals surface area contributed by atoms with Crippen LogP contribution in [-0.4, -0.2) is 14.1 Å². The number of anilines is 4. The van der Waals surface area contributed by atoms with Crippen LogP contribution in [0.5, 0.6) is 0 Å². The van der Waals surface area contributed by atoms with Crippen molar-refractivity contribution in [2.75, 3.05) is 23.9 Å². The summed E-state index contributed by atoms with van der Waals surface area (Å²) in [6.45, 7) is 0. The lowest BCUT2D eigenvalue weighted by Crippen LogP contribution is -2.14. The molecule has 0 N–H and O–H groups in total. The number of benzene rings is 6. The molecule has 0 amide bonds. The number of hydrogen-bond acceptors (Lipinski definition) is 4. The van der Waals surface area contributed by atoms with E-state index in [1.54, 1.807) is 0 Å². The van der Waals surface area contributed by atoms with Crippen molar-refractivity contribution in [2.45, 2.75) is 19.6 Å². The van der Waals surface area contributed by atoms with Crippen molar-refractivity contribution in [1.29, 1.82) is 0 Å². The van der Waals surface area contributed by atoms with Gasteiger partial charge in [0.05, 0.1) is 22.7 Å². The van der Waals surface area contributed by atoms with Crippen LogP contribution >= 0.6 is 23.5 Å². The average molecular weight is 629 g/mol. The zero-order chi connectivity index (χ0) is 31.0. The van der Waals surface area contributed by atoms with Gasteiger partial charge >= 0.3 is 0 Å². The molecule has 6 aromatic carbocycles. The van der Waals surface area contributed by atoms with Crippen LogP contribution in [0.25, 0.3) is 35.4 Å². The molecule has 2 aliphatic rings. The zero-order valence-corrected chi connectivity index (χ0v) is 27.4. The normalized spacial score (nSPS) is 13.4. The molecule has 0 fully saturated rings. The number of hydrogen-bond donors (Lipinski definition) is 0. The summed E-state index contributed by atoms with van der Waals surface area (Å²) in [4.78, 5) is 9.74. The molecule has 0 radical (unpaired) electrons. The van der Waals surface area contributed by atoms with E-state index >= 15 is 0 Å². The fraction of sp³-hybridized carbons (Fsp3) is 0.0476. The van der Waals surface area contributed by atoms with Gasteiger partial charge in [0.1, 0.15) is 0 Å². The van der Waals surface area contributed by atoms with E-state index in [4.69, 9.17) is 0 Å². The molecule has 222 valence electrons. The van der Waals surface area contributed by atoms with E-state index in [0.717, 1.165) is 0 Å². The first-order chi connectivity index (χ1) is 22.6. The van der Waals surface area contributed by atoms with E-state index in [1.807, 2.05) is 23.5 Å². The van der Waals surface area contributed by atoms with Gasteiger partial charge in [-0.3, -0.25) is 0 Å². The second kappa shape index (κ2) is 12.1. The summed E-state index contributed by atoms with van der Waals surface area (Å²) >= 11 is 3.69. The first kappa shape index (κ1) is 28.6. The second-order valence-corrected chi connectivity index (χ2v) is 13.8. The first-order valence-corrected chi connectivity index (χ1v) is 17.1. The number of para-hydroxylation sites is 2. The molecular formula is C42H32N2S2. The Balaban J connectivity index is 0.925. The van der Waals surface area contributed by atoms with Crippen molar-refractivity contribution < 1.29 is 0 Å². The Labute approximate surface area is 279 Å². The molecule has 0 unspecified atom stereocenters. The first-order valence-electron chi connectivity index (χ1n) is 15.5. The topological polar surface area (TPSA) is 6.48 Å². The molecule has 0 bridgehead atoms. The van der Waals surface area contributed by atoms with Gasteiger partial charge in [0.15, 0.2) is 0 Å². The number of rotatable bonds is 5. The molecule has 0 atom stereocenters. The summed E-state index contributed by atoms with van der Waals surface area (Å²) in [7, 11) is 4.29. The minimum atomic E-state index is 1.19. The molecule has 2 nitrogen and oxygen atoms in total. The maximum Gasteiger partial charge on any atom is 0.0550 e. The van der Waals surface area contributed by atoms with Gasteiger partial charge < -0.3 is 9.80 Å². The van der Waals surface area contributed by atoms with Gasteiger partial charge in [-0.2, -0.15) is 0 Å². The molecule has 0 saturated carbocycles. The van der Waals surface area contributed by atoms with Crippen molar-refractivity contribution in [3.63, 3.8) is 0 Å². The van der Waals surface area contributed by atoms with E-state index in [-0.39, 0.29) is 0 Å².